The molecule has 6 nitrogen and oxygen atoms in total. The minimum atomic E-state index is -0.403. The van der Waals surface area contributed by atoms with Crippen LogP contribution in [-0.2, 0) is 4.74 Å². The van der Waals surface area contributed by atoms with Gasteiger partial charge < -0.3 is 15.8 Å². The molecule has 2 rings (SSSR count). The van der Waals surface area contributed by atoms with Crippen LogP contribution >= 0.6 is 0 Å². The van der Waals surface area contributed by atoms with E-state index in [1.54, 1.807) is 7.11 Å². The van der Waals surface area contributed by atoms with Crippen molar-refractivity contribution in [1.82, 2.24) is 15.5 Å². The molecule has 1 aliphatic carbocycles. The Morgan fingerprint density at radius 1 is 1.61 bits per heavy atom. The van der Waals surface area contributed by atoms with Gasteiger partial charge in [-0.1, -0.05) is 0 Å². The van der Waals surface area contributed by atoms with Gasteiger partial charge in [0.05, 0.1) is 17.0 Å². The van der Waals surface area contributed by atoms with Crippen molar-refractivity contribution in [1.29, 1.82) is 0 Å². The van der Waals surface area contributed by atoms with Crippen molar-refractivity contribution >= 4 is 11.6 Å². The Kier molecular flexibility index (Phi) is 3.30. The molecule has 1 amide bonds. The molecule has 1 aromatic heterocycles. The van der Waals surface area contributed by atoms with Gasteiger partial charge in [-0.15, -0.1) is 0 Å². The molecule has 0 aromatic carbocycles. The average Bonchev–Trinajstić information content (AvgIpc) is 3.10. The fourth-order valence-electron chi connectivity index (χ4n) is 1.67. The molecule has 1 heterocycles. The van der Waals surface area contributed by atoms with Gasteiger partial charge in [0.25, 0.3) is 5.91 Å². The number of carbonyl (C=O) groups excluding carboxylic acids is 1. The van der Waals surface area contributed by atoms with Crippen molar-refractivity contribution in [3.63, 3.8) is 0 Å². The van der Waals surface area contributed by atoms with E-state index in [0.717, 1.165) is 18.5 Å². The van der Waals surface area contributed by atoms with Crippen LogP contribution in [0.15, 0.2) is 0 Å². The smallest absolute Gasteiger partial charge is 0.274 e. The van der Waals surface area contributed by atoms with Crippen LogP contribution in [-0.4, -0.2) is 35.4 Å². The number of aromatic nitrogens is 2. The highest BCUT2D eigenvalue weighted by Gasteiger charge is 2.30. The maximum Gasteiger partial charge on any atom is 0.274 e. The largest absolute Gasteiger partial charge is 0.395 e. The van der Waals surface area contributed by atoms with E-state index in [9.17, 15) is 4.79 Å². The number of nitrogens with one attached hydrogen (secondary N) is 2. The zero-order valence-electron chi connectivity index (χ0n) is 11.0. The minimum Gasteiger partial charge on any atom is -0.395 e. The number of anilines is 1. The summed E-state index contributed by atoms with van der Waals surface area (Å²) in [6.45, 7) is 4.21. The van der Waals surface area contributed by atoms with E-state index in [2.05, 4.69) is 15.5 Å². The quantitative estimate of drug-likeness (QED) is 0.729. The standard InChI is InChI=1S/C12H20N4O2/c1-12(2,18-3)6-14-11(17)10-8(13)9(15-16-10)7-4-5-7/h7H,4-6,13H2,1-3H3,(H,14,17)(H,15,16). The number of aromatic amines is 1. The molecule has 1 fully saturated rings. The molecule has 1 aromatic rings. The lowest BCUT2D eigenvalue weighted by Crippen LogP contribution is -2.40. The van der Waals surface area contributed by atoms with Crippen LogP contribution in [0.1, 0.15) is 48.8 Å². The summed E-state index contributed by atoms with van der Waals surface area (Å²) < 4.78 is 5.23. The number of methoxy groups -OCH3 is 1. The monoisotopic (exact) mass is 252 g/mol. The van der Waals surface area contributed by atoms with Gasteiger partial charge in [0.1, 0.15) is 0 Å². The Labute approximate surface area is 106 Å². The molecular weight excluding hydrogens is 232 g/mol. The highest BCUT2D eigenvalue weighted by atomic mass is 16.5. The van der Waals surface area contributed by atoms with Gasteiger partial charge in [-0.3, -0.25) is 9.89 Å². The number of rotatable bonds is 5. The third-order valence-electron chi connectivity index (χ3n) is 3.26. The Balaban J connectivity index is 2.01. The molecule has 0 bridgehead atoms. The number of hydrogen-bond acceptors (Lipinski definition) is 4. The molecule has 0 unspecified atom stereocenters. The molecule has 0 spiro atoms. The Bertz CT molecular complexity index is 449. The highest BCUT2D eigenvalue weighted by molar-refractivity contribution is 5.97. The van der Waals surface area contributed by atoms with Gasteiger partial charge in [-0.2, -0.15) is 5.10 Å². The van der Waals surface area contributed by atoms with Crippen molar-refractivity contribution in [2.75, 3.05) is 19.4 Å². The van der Waals surface area contributed by atoms with Gasteiger partial charge in [-0.05, 0) is 26.7 Å². The number of carbonyl (C=O) groups is 1. The first-order valence-electron chi connectivity index (χ1n) is 6.11. The molecule has 18 heavy (non-hydrogen) atoms. The molecule has 0 saturated heterocycles. The molecule has 4 N–H and O–H groups in total. The normalized spacial score (nSPS) is 15.7. The zero-order chi connectivity index (χ0) is 13.3. The second-order valence-corrected chi connectivity index (χ2v) is 5.32. The number of nitrogens with zero attached hydrogens (tertiary/aromatic N) is 1. The number of amides is 1. The lowest BCUT2D eigenvalue weighted by atomic mass is 10.1. The van der Waals surface area contributed by atoms with Gasteiger partial charge in [0.15, 0.2) is 5.69 Å². The van der Waals surface area contributed by atoms with Gasteiger partial charge >= 0.3 is 0 Å². The van der Waals surface area contributed by atoms with E-state index in [1.807, 2.05) is 13.8 Å². The Morgan fingerprint density at radius 2 is 2.28 bits per heavy atom. The van der Waals surface area contributed by atoms with Crippen LogP contribution in [0, 0.1) is 0 Å². The number of hydrogen-bond donors (Lipinski definition) is 3. The third-order valence-corrected chi connectivity index (χ3v) is 3.26. The fourth-order valence-corrected chi connectivity index (χ4v) is 1.67. The lowest BCUT2D eigenvalue weighted by Gasteiger charge is -2.22. The van der Waals surface area contributed by atoms with E-state index < -0.39 is 5.60 Å². The first-order chi connectivity index (χ1) is 8.44. The Morgan fingerprint density at radius 3 is 2.83 bits per heavy atom. The first kappa shape index (κ1) is 12.9. The van der Waals surface area contributed by atoms with Crippen molar-refractivity contribution in [3.8, 4) is 0 Å². The maximum atomic E-state index is 12.0. The predicted octanol–water partition coefficient (Wildman–Crippen LogP) is 1.02. The number of ether oxygens (including phenoxy) is 1. The van der Waals surface area contributed by atoms with E-state index in [4.69, 9.17) is 10.5 Å². The average molecular weight is 252 g/mol. The predicted molar refractivity (Wildman–Crippen MR) is 68.4 cm³/mol. The number of nitrogens with two attached hydrogens (primary N) is 1. The summed E-state index contributed by atoms with van der Waals surface area (Å²) in [5, 5.41) is 9.64. The van der Waals surface area contributed by atoms with Crippen LogP contribution < -0.4 is 11.1 Å². The molecule has 1 aliphatic rings. The summed E-state index contributed by atoms with van der Waals surface area (Å²) >= 11 is 0. The Hall–Kier alpha value is -1.56. The SMILES string of the molecule is COC(C)(C)CNC(=O)c1n[nH]c(C2CC2)c1N. The van der Waals surface area contributed by atoms with E-state index in [-0.39, 0.29) is 11.6 Å². The summed E-state index contributed by atoms with van der Waals surface area (Å²) in [5.41, 5.74) is 7.18. The second-order valence-electron chi connectivity index (χ2n) is 5.32. The summed E-state index contributed by atoms with van der Waals surface area (Å²) in [6.07, 6.45) is 2.23. The van der Waals surface area contributed by atoms with E-state index in [0.29, 0.717) is 18.2 Å². The van der Waals surface area contributed by atoms with Gasteiger partial charge in [0.2, 0.25) is 0 Å². The van der Waals surface area contributed by atoms with E-state index in [1.165, 1.54) is 0 Å². The molecule has 0 atom stereocenters. The van der Waals surface area contributed by atoms with Crippen LogP contribution in [0.4, 0.5) is 5.69 Å². The van der Waals surface area contributed by atoms with Crippen LogP contribution in [0.25, 0.3) is 0 Å². The van der Waals surface area contributed by atoms with Crippen molar-refractivity contribution < 1.29 is 9.53 Å². The molecule has 100 valence electrons. The van der Waals surface area contributed by atoms with Crippen molar-refractivity contribution in [3.05, 3.63) is 11.4 Å². The van der Waals surface area contributed by atoms with Gasteiger partial charge in [-0.25, -0.2) is 0 Å². The van der Waals surface area contributed by atoms with Gasteiger partial charge in [0, 0.05) is 19.6 Å². The maximum absolute atomic E-state index is 12.0. The van der Waals surface area contributed by atoms with Crippen molar-refractivity contribution in [2.24, 2.45) is 0 Å². The summed E-state index contributed by atoms with van der Waals surface area (Å²) in [7, 11) is 1.61. The summed E-state index contributed by atoms with van der Waals surface area (Å²) in [6, 6.07) is 0. The molecule has 1 saturated carbocycles. The summed E-state index contributed by atoms with van der Waals surface area (Å²) in [4.78, 5) is 12.0. The number of H-pyrrole nitrogens is 1. The fraction of sp³-hybridized carbons (Fsp3) is 0.667. The number of nitrogen functional groups attached to an aromatic ring is 1. The highest BCUT2D eigenvalue weighted by Crippen LogP contribution is 2.42. The zero-order valence-corrected chi connectivity index (χ0v) is 11.0. The second kappa shape index (κ2) is 4.61. The van der Waals surface area contributed by atoms with Crippen LogP contribution in [0.2, 0.25) is 0 Å². The van der Waals surface area contributed by atoms with Crippen LogP contribution in [0.3, 0.4) is 0 Å². The van der Waals surface area contributed by atoms with Crippen LogP contribution in [0.5, 0.6) is 0 Å². The van der Waals surface area contributed by atoms with E-state index >= 15 is 0 Å². The molecular formula is C12H20N4O2. The topological polar surface area (TPSA) is 93.0 Å². The molecule has 0 radical (unpaired) electrons. The lowest BCUT2D eigenvalue weighted by molar-refractivity contribution is 0.0228. The molecule has 0 aliphatic heterocycles. The minimum absolute atomic E-state index is 0.263. The molecule has 6 heteroatoms. The van der Waals surface area contributed by atoms with Crippen molar-refractivity contribution in [2.45, 2.75) is 38.2 Å². The third kappa shape index (κ3) is 2.64. The summed E-state index contributed by atoms with van der Waals surface area (Å²) in [5.74, 6) is 0.190. The first-order valence-corrected chi connectivity index (χ1v) is 6.11.